The van der Waals surface area contributed by atoms with Crippen molar-refractivity contribution in [3.8, 4) is 0 Å². The summed E-state index contributed by atoms with van der Waals surface area (Å²) in [7, 11) is 3.79. The highest BCUT2D eigenvalue weighted by molar-refractivity contribution is 5.32. The minimum atomic E-state index is 0.277. The zero-order valence-corrected chi connectivity index (χ0v) is 12.5. The molecule has 2 rings (SSSR count). The number of nitrogens with two attached hydrogens (primary N) is 1. The van der Waals surface area contributed by atoms with Crippen LogP contribution < -0.4 is 10.6 Å². The summed E-state index contributed by atoms with van der Waals surface area (Å²) in [5.74, 6) is 2.22. The molecule has 0 radical (unpaired) electrons. The summed E-state index contributed by atoms with van der Waals surface area (Å²) in [5.41, 5.74) is 5.75. The summed E-state index contributed by atoms with van der Waals surface area (Å²) in [6.07, 6.45) is 1.14. The average Bonchev–Trinajstić information content (AvgIpc) is 2.90. The van der Waals surface area contributed by atoms with Gasteiger partial charge in [-0.25, -0.2) is 0 Å². The molecule has 7 heteroatoms. The van der Waals surface area contributed by atoms with Crippen molar-refractivity contribution >= 4 is 11.9 Å². The molecule has 0 spiro atoms. The first kappa shape index (κ1) is 14.9. The third kappa shape index (κ3) is 4.01. The zero-order chi connectivity index (χ0) is 14.5. The first-order valence-electron chi connectivity index (χ1n) is 7.06. The van der Waals surface area contributed by atoms with Gasteiger partial charge in [-0.15, -0.1) is 0 Å². The van der Waals surface area contributed by atoms with Gasteiger partial charge < -0.3 is 15.4 Å². The summed E-state index contributed by atoms with van der Waals surface area (Å²) < 4.78 is 5.43. The zero-order valence-electron chi connectivity index (χ0n) is 12.5. The van der Waals surface area contributed by atoms with Crippen molar-refractivity contribution in [2.45, 2.75) is 19.9 Å². The van der Waals surface area contributed by atoms with Gasteiger partial charge in [0.15, 0.2) is 0 Å². The van der Waals surface area contributed by atoms with Gasteiger partial charge in [-0.3, -0.25) is 4.90 Å². The molecule has 0 amide bonds. The molecule has 7 nitrogen and oxygen atoms in total. The molecule has 0 aromatic carbocycles. The largest absolute Gasteiger partial charge is 0.381 e. The summed E-state index contributed by atoms with van der Waals surface area (Å²) in [6, 6.07) is 0. The van der Waals surface area contributed by atoms with Crippen LogP contribution in [0.1, 0.15) is 19.2 Å². The van der Waals surface area contributed by atoms with Crippen LogP contribution in [-0.4, -0.2) is 60.3 Å². The maximum atomic E-state index is 5.75. The maximum Gasteiger partial charge on any atom is 0.229 e. The molecule has 2 heterocycles. The lowest BCUT2D eigenvalue weighted by atomic mass is 10.1. The van der Waals surface area contributed by atoms with E-state index in [-0.39, 0.29) is 5.95 Å². The van der Waals surface area contributed by atoms with E-state index in [0.29, 0.717) is 18.4 Å². The molecule has 2 N–H and O–H groups in total. The molecule has 0 bridgehead atoms. The summed E-state index contributed by atoms with van der Waals surface area (Å²) >= 11 is 0. The first-order valence-corrected chi connectivity index (χ1v) is 7.06. The Morgan fingerprint density at radius 1 is 1.30 bits per heavy atom. The smallest absolute Gasteiger partial charge is 0.229 e. The van der Waals surface area contributed by atoms with E-state index in [1.807, 2.05) is 19.0 Å². The Bertz CT molecular complexity index is 433. The highest BCUT2D eigenvalue weighted by Gasteiger charge is 2.19. The standard InChI is InChI=1S/C13H24N6O/c1-4-19(7-10-5-6-20-9-10)8-11-15-12(14)17-13(16-11)18(2)3/h10H,4-9H2,1-3H3,(H2,14,15,16,17)/t10-/m0/s1. The number of nitrogens with zero attached hydrogens (tertiary/aromatic N) is 5. The predicted octanol–water partition coefficient (Wildman–Crippen LogP) is 0.378. The van der Waals surface area contributed by atoms with E-state index >= 15 is 0 Å². The summed E-state index contributed by atoms with van der Waals surface area (Å²) in [6.45, 7) is 6.55. The van der Waals surface area contributed by atoms with Gasteiger partial charge in [-0.2, -0.15) is 15.0 Å². The second kappa shape index (κ2) is 6.81. The Labute approximate surface area is 120 Å². The molecule has 0 unspecified atom stereocenters. The molecular weight excluding hydrogens is 256 g/mol. The molecule has 1 aliphatic heterocycles. The van der Waals surface area contributed by atoms with Crippen molar-refractivity contribution in [2.75, 3.05) is 51.0 Å². The third-order valence-corrected chi connectivity index (χ3v) is 3.44. The molecule has 0 saturated carbocycles. The summed E-state index contributed by atoms with van der Waals surface area (Å²) in [4.78, 5) is 17.0. The van der Waals surface area contributed by atoms with Crippen molar-refractivity contribution < 1.29 is 4.74 Å². The molecule has 1 fully saturated rings. The van der Waals surface area contributed by atoms with Crippen LogP contribution in [0.25, 0.3) is 0 Å². The van der Waals surface area contributed by atoms with Crippen molar-refractivity contribution in [1.82, 2.24) is 19.9 Å². The number of hydrogen-bond donors (Lipinski definition) is 1. The number of aromatic nitrogens is 3. The van der Waals surface area contributed by atoms with Gasteiger partial charge >= 0.3 is 0 Å². The van der Waals surface area contributed by atoms with Crippen LogP contribution >= 0.6 is 0 Å². The van der Waals surface area contributed by atoms with Gasteiger partial charge in [0.2, 0.25) is 11.9 Å². The SMILES string of the molecule is CCN(Cc1nc(N)nc(N(C)C)n1)C[C@@H]1CCOC1. The monoisotopic (exact) mass is 280 g/mol. The molecule has 20 heavy (non-hydrogen) atoms. The molecule has 1 saturated heterocycles. The van der Waals surface area contributed by atoms with Crippen LogP contribution in [0, 0.1) is 5.92 Å². The Morgan fingerprint density at radius 3 is 2.70 bits per heavy atom. The number of hydrogen-bond acceptors (Lipinski definition) is 7. The lowest BCUT2D eigenvalue weighted by Crippen LogP contribution is -2.30. The van der Waals surface area contributed by atoms with E-state index in [9.17, 15) is 0 Å². The fourth-order valence-electron chi connectivity index (χ4n) is 2.29. The Kier molecular flexibility index (Phi) is 5.08. The number of anilines is 2. The van der Waals surface area contributed by atoms with Crippen LogP contribution in [0.2, 0.25) is 0 Å². The minimum Gasteiger partial charge on any atom is -0.381 e. The van der Waals surface area contributed by atoms with E-state index < -0.39 is 0 Å². The second-order valence-electron chi connectivity index (χ2n) is 5.36. The van der Waals surface area contributed by atoms with Crippen molar-refractivity contribution in [3.05, 3.63) is 5.82 Å². The lowest BCUT2D eigenvalue weighted by molar-refractivity contribution is 0.165. The first-order chi connectivity index (χ1) is 9.58. The fourth-order valence-corrected chi connectivity index (χ4v) is 2.29. The van der Waals surface area contributed by atoms with E-state index in [4.69, 9.17) is 10.5 Å². The van der Waals surface area contributed by atoms with Gasteiger partial charge in [0.25, 0.3) is 0 Å². The predicted molar refractivity (Wildman–Crippen MR) is 78.4 cm³/mol. The Balaban J connectivity index is 2.02. The van der Waals surface area contributed by atoms with Crippen molar-refractivity contribution in [1.29, 1.82) is 0 Å². The fraction of sp³-hybridized carbons (Fsp3) is 0.769. The van der Waals surface area contributed by atoms with Gasteiger partial charge in [-0.1, -0.05) is 6.92 Å². The van der Waals surface area contributed by atoms with Gasteiger partial charge in [-0.05, 0) is 18.9 Å². The van der Waals surface area contributed by atoms with Gasteiger partial charge in [0.1, 0.15) is 5.82 Å². The third-order valence-electron chi connectivity index (χ3n) is 3.44. The summed E-state index contributed by atoms with van der Waals surface area (Å²) in [5, 5.41) is 0. The average molecular weight is 280 g/mol. The molecule has 1 aromatic rings. The van der Waals surface area contributed by atoms with Crippen LogP contribution in [0.3, 0.4) is 0 Å². The molecule has 112 valence electrons. The Morgan fingerprint density at radius 2 is 2.10 bits per heavy atom. The molecule has 1 atom stereocenters. The van der Waals surface area contributed by atoms with E-state index in [1.165, 1.54) is 0 Å². The van der Waals surface area contributed by atoms with Crippen LogP contribution in [-0.2, 0) is 11.3 Å². The number of rotatable bonds is 6. The maximum absolute atomic E-state index is 5.75. The van der Waals surface area contributed by atoms with Crippen LogP contribution in [0.4, 0.5) is 11.9 Å². The number of ether oxygens (including phenoxy) is 1. The normalized spacial score (nSPS) is 18.7. The molecule has 0 aliphatic carbocycles. The molecule has 1 aromatic heterocycles. The molecular formula is C13H24N6O. The quantitative estimate of drug-likeness (QED) is 0.806. The van der Waals surface area contributed by atoms with Crippen molar-refractivity contribution in [3.63, 3.8) is 0 Å². The second-order valence-corrected chi connectivity index (χ2v) is 5.36. The molecule has 1 aliphatic rings. The van der Waals surface area contributed by atoms with Crippen LogP contribution in [0.15, 0.2) is 0 Å². The van der Waals surface area contributed by atoms with Gasteiger partial charge in [0.05, 0.1) is 13.2 Å². The topological polar surface area (TPSA) is 80.4 Å². The minimum absolute atomic E-state index is 0.277. The van der Waals surface area contributed by atoms with E-state index in [0.717, 1.165) is 38.5 Å². The number of nitrogen functional groups attached to an aromatic ring is 1. The van der Waals surface area contributed by atoms with Crippen molar-refractivity contribution in [2.24, 2.45) is 5.92 Å². The van der Waals surface area contributed by atoms with E-state index in [2.05, 4.69) is 26.8 Å². The highest BCUT2D eigenvalue weighted by Crippen LogP contribution is 2.15. The Hall–Kier alpha value is -1.47. The lowest BCUT2D eigenvalue weighted by Gasteiger charge is -2.23. The highest BCUT2D eigenvalue weighted by atomic mass is 16.5. The van der Waals surface area contributed by atoms with E-state index in [1.54, 1.807) is 0 Å². The van der Waals surface area contributed by atoms with Crippen LogP contribution in [0.5, 0.6) is 0 Å². The van der Waals surface area contributed by atoms with Gasteiger partial charge in [0, 0.05) is 27.2 Å².